The molecule has 0 aliphatic carbocycles. The van der Waals surface area contributed by atoms with Crippen molar-refractivity contribution in [1.29, 1.82) is 0 Å². The molecule has 1 heterocycles. The van der Waals surface area contributed by atoms with Crippen LogP contribution in [-0.4, -0.2) is 47.8 Å². The predicted molar refractivity (Wildman–Crippen MR) is 112 cm³/mol. The van der Waals surface area contributed by atoms with Gasteiger partial charge >= 0.3 is 6.18 Å². The van der Waals surface area contributed by atoms with Crippen molar-refractivity contribution in [3.8, 4) is 0 Å². The Morgan fingerprint density at radius 1 is 1.07 bits per heavy atom. The van der Waals surface area contributed by atoms with Crippen molar-refractivity contribution in [2.24, 2.45) is 0 Å². The van der Waals surface area contributed by atoms with Gasteiger partial charge in [0.25, 0.3) is 11.8 Å². The monoisotopic (exact) mass is 534 g/mol. The van der Waals surface area contributed by atoms with Crippen molar-refractivity contribution in [3.05, 3.63) is 68.5 Å². The molecule has 1 aliphatic rings. The van der Waals surface area contributed by atoms with Gasteiger partial charge in [0.05, 0.1) is 16.7 Å². The average Bonchev–Trinajstić information content (AvgIpc) is 2.72. The number of halogens is 5. The molecule has 1 fully saturated rings. The smallest absolute Gasteiger partial charge is 0.339 e. The molecular formula is C21H19F4IN2O2. The normalized spacial score (nSPS) is 15.2. The molecule has 160 valence electrons. The van der Waals surface area contributed by atoms with Gasteiger partial charge in [0.15, 0.2) is 0 Å². The second kappa shape index (κ2) is 8.91. The summed E-state index contributed by atoms with van der Waals surface area (Å²) in [5, 5.41) is 0. The molecule has 0 atom stereocenters. The van der Waals surface area contributed by atoms with Gasteiger partial charge in [0, 0.05) is 29.7 Å². The van der Waals surface area contributed by atoms with Gasteiger partial charge in [-0.25, -0.2) is 4.39 Å². The Kier molecular flexibility index (Phi) is 6.68. The topological polar surface area (TPSA) is 40.6 Å². The number of rotatable bonds is 3. The van der Waals surface area contributed by atoms with Crippen molar-refractivity contribution >= 4 is 34.4 Å². The maximum atomic E-state index is 13.3. The minimum atomic E-state index is -4.83. The van der Waals surface area contributed by atoms with Crippen LogP contribution in [0.25, 0.3) is 0 Å². The molecule has 3 rings (SSSR count). The number of carbonyl (C=O) groups excluding carboxylic acids is 2. The summed E-state index contributed by atoms with van der Waals surface area (Å²) in [5.41, 5.74) is -1.26. The van der Waals surface area contributed by atoms with E-state index in [4.69, 9.17) is 0 Å². The van der Waals surface area contributed by atoms with Crippen molar-refractivity contribution in [2.45, 2.75) is 25.1 Å². The third-order valence-corrected chi connectivity index (χ3v) is 6.18. The van der Waals surface area contributed by atoms with Crippen LogP contribution in [0.5, 0.6) is 0 Å². The van der Waals surface area contributed by atoms with Crippen LogP contribution in [0.15, 0.2) is 42.5 Å². The standard InChI is InChI=1S/C21H19F4IN2O2/c1-27(19(29)16-4-2-3-5-18(16)26)14-8-10-28(11-9-14)20(30)15-7-6-13(22)12-17(15)21(23,24)25/h2-7,12,14H,8-11H2,1H3. The fourth-order valence-electron chi connectivity index (χ4n) is 3.55. The lowest BCUT2D eigenvalue weighted by Gasteiger charge is -2.37. The maximum Gasteiger partial charge on any atom is 0.417 e. The summed E-state index contributed by atoms with van der Waals surface area (Å²) in [6.45, 7) is 0.420. The van der Waals surface area contributed by atoms with E-state index >= 15 is 0 Å². The highest BCUT2D eigenvalue weighted by atomic mass is 127. The lowest BCUT2D eigenvalue weighted by Crippen LogP contribution is -2.47. The Morgan fingerprint density at radius 3 is 2.30 bits per heavy atom. The number of alkyl halides is 3. The molecule has 0 N–H and O–H groups in total. The molecule has 2 aromatic rings. The molecule has 1 saturated heterocycles. The molecule has 1 aliphatic heterocycles. The van der Waals surface area contributed by atoms with Crippen LogP contribution < -0.4 is 0 Å². The first-order valence-electron chi connectivity index (χ1n) is 9.27. The molecule has 2 amide bonds. The van der Waals surface area contributed by atoms with Crippen LogP contribution in [0.4, 0.5) is 17.6 Å². The van der Waals surface area contributed by atoms with Crippen molar-refractivity contribution < 1.29 is 27.2 Å². The molecule has 4 nitrogen and oxygen atoms in total. The van der Waals surface area contributed by atoms with Crippen LogP contribution in [0.1, 0.15) is 39.1 Å². The van der Waals surface area contributed by atoms with Gasteiger partial charge in [-0.1, -0.05) is 12.1 Å². The zero-order chi connectivity index (χ0) is 22.1. The fraction of sp³-hybridized carbons (Fsp3) is 0.333. The number of piperidine rings is 1. The van der Waals surface area contributed by atoms with Crippen molar-refractivity contribution in [3.63, 3.8) is 0 Å². The second-order valence-electron chi connectivity index (χ2n) is 7.11. The summed E-state index contributed by atoms with van der Waals surface area (Å²) < 4.78 is 53.8. The first kappa shape index (κ1) is 22.5. The predicted octanol–water partition coefficient (Wildman–Crippen LogP) is 4.83. The van der Waals surface area contributed by atoms with Gasteiger partial charge in [-0.15, -0.1) is 0 Å². The van der Waals surface area contributed by atoms with Crippen molar-refractivity contribution in [1.82, 2.24) is 9.80 Å². The molecule has 2 aromatic carbocycles. The van der Waals surface area contributed by atoms with Crippen LogP contribution in [-0.2, 0) is 6.18 Å². The highest BCUT2D eigenvalue weighted by Gasteiger charge is 2.37. The van der Waals surface area contributed by atoms with Gasteiger partial charge in [-0.3, -0.25) is 9.59 Å². The summed E-state index contributed by atoms with van der Waals surface area (Å²) in [5.74, 6) is -1.97. The van der Waals surface area contributed by atoms with Crippen LogP contribution >= 0.6 is 22.6 Å². The highest BCUT2D eigenvalue weighted by molar-refractivity contribution is 14.1. The van der Waals surface area contributed by atoms with E-state index in [-0.39, 0.29) is 25.0 Å². The number of hydrogen-bond acceptors (Lipinski definition) is 2. The number of benzene rings is 2. The van der Waals surface area contributed by atoms with Crippen LogP contribution in [0.2, 0.25) is 0 Å². The Hall–Kier alpha value is -2.17. The number of carbonyl (C=O) groups is 2. The van der Waals surface area contributed by atoms with Gasteiger partial charge in [-0.05, 0) is 65.8 Å². The van der Waals surface area contributed by atoms with E-state index in [1.54, 1.807) is 24.1 Å². The zero-order valence-corrected chi connectivity index (χ0v) is 18.2. The van der Waals surface area contributed by atoms with Gasteiger partial charge in [-0.2, -0.15) is 13.2 Å². The first-order valence-corrected chi connectivity index (χ1v) is 10.3. The van der Waals surface area contributed by atoms with E-state index in [1.165, 1.54) is 4.90 Å². The Bertz CT molecular complexity index is 956. The SMILES string of the molecule is CN(C(=O)c1ccccc1I)C1CCN(C(=O)c2ccc(F)cc2C(F)(F)F)CC1. The molecule has 0 saturated carbocycles. The van der Waals surface area contributed by atoms with E-state index in [1.807, 2.05) is 12.1 Å². The van der Waals surface area contributed by atoms with Crippen molar-refractivity contribution in [2.75, 3.05) is 20.1 Å². The van der Waals surface area contributed by atoms with Gasteiger partial charge in [0.1, 0.15) is 5.82 Å². The Morgan fingerprint density at radius 2 is 1.70 bits per heavy atom. The lowest BCUT2D eigenvalue weighted by molar-refractivity contribution is -0.138. The number of hydrogen-bond donors (Lipinski definition) is 0. The maximum absolute atomic E-state index is 13.3. The Labute approximate surface area is 185 Å². The number of likely N-dealkylation sites (tertiary alicyclic amines) is 1. The van der Waals surface area contributed by atoms with E-state index < -0.39 is 29.0 Å². The minimum absolute atomic E-state index is 0.132. The molecule has 0 radical (unpaired) electrons. The molecule has 0 bridgehead atoms. The third kappa shape index (κ3) is 4.76. The zero-order valence-electron chi connectivity index (χ0n) is 16.0. The summed E-state index contributed by atoms with van der Waals surface area (Å²) in [6, 6.07) is 9.14. The molecule has 0 unspecified atom stereocenters. The van der Waals surface area contributed by atoms with E-state index in [0.29, 0.717) is 24.5 Å². The summed E-state index contributed by atoms with van der Waals surface area (Å²) in [7, 11) is 1.69. The highest BCUT2D eigenvalue weighted by Crippen LogP contribution is 2.33. The molecule has 30 heavy (non-hydrogen) atoms. The largest absolute Gasteiger partial charge is 0.417 e. The fourth-order valence-corrected chi connectivity index (χ4v) is 4.17. The van der Waals surface area contributed by atoms with Crippen LogP contribution in [0.3, 0.4) is 0 Å². The van der Waals surface area contributed by atoms with E-state index in [2.05, 4.69) is 22.6 Å². The van der Waals surface area contributed by atoms with E-state index in [0.717, 1.165) is 15.7 Å². The summed E-state index contributed by atoms with van der Waals surface area (Å²) >= 11 is 2.09. The van der Waals surface area contributed by atoms with Gasteiger partial charge in [0.2, 0.25) is 0 Å². The average molecular weight is 534 g/mol. The lowest BCUT2D eigenvalue weighted by atomic mass is 10.00. The Balaban J connectivity index is 1.70. The molecule has 0 aromatic heterocycles. The second-order valence-corrected chi connectivity index (χ2v) is 8.27. The summed E-state index contributed by atoms with van der Waals surface area (Å²) in [6.07, 6.45) is -3.94. The molecular weight excluding hydrogens is 515 g/mol. The number of amides is 2. The van der Waals surface area contributed by atoms with Crippen LogP contribution in [0, 0.1) is 9.39 Å². The minimum Gasteiger partial charge on any atom is -0.339 e. The molecule has 9 heteroatoms. The van der Waals surface area contributed by atoms with E-state index in [9.17, 15) is 27.2 Å². The number of nitrogens with zero attached hydrogens (tertiary/aromatic N) is 2. The molecule has 0 spiro atoms. The van der Waals surface area contributed by atoms with Gasteiger partial charge < -0.3 is 9.80 Å². The third-order valence-electron chi connectivity index (χ3n) is 5.24. The first-order chi connectivity index (χ1) is 14.1. The quantitative estimate of drug-likeness (QED) is 0.419. The summed E-state index contributed by atoms with van der Waals surface area (Å²) in [4.78, 5) is 28.4.